The molecule has 1 aliphatic rings. The maximum Gasteiger partial charge on any atom is 0.322 e. The number of aryl methyl sites for hydroxylation is 1. The van der Waals surface area contributed by atoms with Gasteiger partial charge in [0.2, 0.25) is 0 Å². The second kappa shape index (κ2) is 8.33. The molecule has 1 N–H and O–H groups in total. The van der Waals surface area contributed by atoms with Crippen LogP contribution < -0.4 is 5.32 Å². The number of amides is 2. The SMILES string of the molecule is Cc1c(NC(=O)N2CCCC[C@@H]2CCn2ccnc2)cccc1-n1cccc1. The third-order valence-corrected chi connectivity index (χ3v) is 5.60. The smallest absolute Gasteiger partial charge is 0.322 e. The third kappa shape index (κ3) is 3.96. The van der Waals surface area contributed by atoms with Crippen molar-refractivity contribution in [2.24, 2.45) is 0 Å². The second-order valence-electron chi connectivity index (χ2n) is 7.40. The molecule has 3 heterocycles. The van der Waals surface area contributed by atoms with Gasteiger partial charge in [-0.3, -0.25) is 0 Å². The Morgan fingerprint density at radius 2 is 2.04 bits per heavy atom. The maximum absolute atomic E-state index is 13.1. The molecule has 28 heavy (non-hydrogen) atoms. The van der Waals surface area contributed by atoms with Crippen molar-refractivity contribution in [2.45, 2.75) is 45.2 Å². The number of hydrogen-bond donors (Lipinski definition) is 1. The zero-order valence-corrected chi connectivity index (χ0v) is 16.3. The summed E-state index contributed by atoms with van der Waals surface area (Å²) in [6, 6.07) is 10.3. The lowest BCUT2D eigenvalue weighted by molar-refractivity contribution is 0.155. The molecule has 2 amide bonds. The highest BCUT2D eigenvalue weighted by Gasteiger charge is 2.27. The summed E-state index contributed by atoms with van der Waals surface area (Å²) in [5.41, 5.74) is 3.02. The third-order valence-electron chi connectivity index (χ3n) is 5.60. The van der Waals surface area contributed by atoms with Crippen molar-refractivity contribution in [1.29, 1.82) is 0 Å². The molecule has 6 heteroatoms. The van der Waals surface area contributed by atoms with Crippen molar-refractivity contribution in [2.75, 3.05) is 11.9 Å². The molecule has 6 nitrogen and oxygen atoms in total. The van der Waals surface area contributed by atoms with Gasteiger partial charge in [0.15, 0.2) is 0 Å². The van der Waals surface area contributed by atoms with Crippen LogP contribution in [0.1, 0.15) is 31.2 Å². The number of aromatic nitrogens is 3. The maximum atomic E-state index is 13.1. The Balaban J connectivity index is 1.46. The number of nitrogens with zero attached hydrogens (tertiary/aromatic N) is 4. The topological polar surface area (TPSA) is 55.1 Å². The first-order chi connectivity index (χ1) is 13.7. The van der Waals surface area contributed by atoms with Gasteiger partial charge >= 0.3 is 6.03 Å². The van der Waals surface area contributed by atoms with Gasteiger partial charge in [-0.2, -0.15) is 0 Å². The van der Waals surface area contributed by atoms with E-state index in [-0.39, 0.29) is 12.1 Å². The van der Waals surface area contributed by atoms with E-state index in [4.69, 9.17) is 0 Å². The van der Waals surface area contributed by atoms with Crippen molar-refractivity contribution in [3.05, 3.63) is 67.0 Å². The second-order valence-corrected chi connectivity index (χ2v) is 7.40. The predicted octanol–water partition coefficient (Wildman–Crippen LogP) is 4.46. The highest BCUT2D eigenvalue weighted by atomic mass is 16.2. The molecule has 0 unspecified atom stereocenters. The van der Waals surface area contributed by atoms with Crippen LogP contribution in [0.2, 0.25) is 0 Å². The lowest BCUT2D eigenvalue weighted by Gasteiger charge is -2.36. The van der Waals surface area contributed by atoms with Crippen molar-refractivity contribution in [1.82, 2.24) is 19.0 Å². The van der Waals surface area contributed by atoms with Gasteiger partial charge in [0.25, 0.3) is 0 Å². The molecule has 0 aliphatic carbocycles. The lowest BCUT2D eigenvalue weighted by Crippen LogP contribution is -2.46. The fourth-order valence-corrected chi connectivity index (χ4v) is 4.01. The molecule has 1 fully saturated rings. The van der Waals surface area contributed by atoms with Crippen LogP contribution in [0.5, 0.6) is 0 Å². The van der Waals surface area contributed by atoms with Gasteiger partial charge in [0, 0.05) is 55.3 Å². The number of hydrogen-bond acceptors (Lipinski definition) is 2. The van der Waals surface area contributed by atoms with Crippen molar-refractivity contribution in [3.63, 3.8) is 0 Å². The summed E-state index contributed by atoms with van der Waals surface area (Å²) < 4.78 is 4.15. The van der Waals surface area contributed by atoms with Gasteiger partial charge in [0.05, 0.1) is 6.33 Å². The summed E-state index contributed by atoms with van der Waals surface area (Å²) >= 11 is 0. The van der Waals surface area contributed by atoms with Crippen LogP contribution in [0.15, 0.2) is 61.4 Å². The normalized spacial score (nSPS) is 16.9. The number of urea groups is 1. The number of benzene rings is 1. The van der Waals surface area contributed by atoms with Crippen LogP contribution in [0.4, 0.5) is 10.5 Å². The van der Waals surface area contributed by atoms with Crippen LogP contribution in [0.25, 0.3) is 5.69 Å². The van der Waals surface area contributed by atoms with E-state index in [1.54, 1.807) is 6.20 Å². The number of rotatable bonds is 5. The average molecular weight is 377 g/mol. The van der Waals surface area contributed by atoms with E-state index in [0.29, 0.717) is 0 Å². The summed E-state index contributed by atoms with van der Waals surface area (Å²) in [5.74, 6) is 0. The summed E-state index contributed by atoms with van der Waals surface area (Å²) in [5, 5.41) is 3.16. The first-order valence-corrected chi connectivity index (χ1v) is 9.99. The van der Waals surface area contributed by atoms with Crippen LogP contribution in [0.3, 0.4) is 0 Å². The molecule has 1 aromatic carbocycles. The molecule has 0 radical (unpaired) electrons. The Kier molecular flexibility index (Phi) is 5.46. The van der Waals surface area contributed by atoms with Crippen molar-refractivity contribution >= 4 is 11.7 Å². The van der Waals surface area contributed by atoms with E-state index in [9.17, 15) is 4.79 Å². The number of likely N-dealkylation sites (tertiary alicyclic amines) is 1. The highest BCUT2D eigenvalue weighted by molar-refractivity contribution is 5.91. The van der Waals surface area contributed by atoms with Crippen LogP contribution in [-0.2, 0) is 6.54 Å². The standard InChI is InChI=1S/C22H27N5O/c1-18-20(8-6-9-21(18)26-12-4-5-13-26)24-22(28)27-14-3-2-7-19(27)10-15-25-16-11-23-17-25/h4-6,8-9,11-13,16-17,19H,2-3,7,10,14-15H2,1H3,(H,24,28)/t19-/m1/s1. The molecular formula is C22H27N5O. The molecular weight excluding hydrogens is 350 g/mol. The number of piperidine rings is 1. The van der Waals surface area contributed by atoms with E-state index in [2.05, 4.69) is 32.4 Å². The minimum absolute atomic E-state index is 0.00286. The first-order valence-electron chi connectivity index (χ1n) is 9.99. The van der Waals surface area contributed by atoms with Crippen molar-refractivity contribution in [3.8, 4) is 5.69 Å². The molecule has 0 spiro atoms. The van der Waals surface area contributed by atoms with Gasteiger partial charge in [-0.1, -0.05) is 6.07 Å². The van der Waals surface area contributed by atoms with E-state index in [0.717, 1.165) is 49.3 Å². The largest absolute Gasteiger partial charge is 0.337 e. The molecule has 146 valence electrons. The molecule has 0 bridgehead atoms. The van der Waals surface area contributed by atoms with Gasteiger partial charge in [-0.15, -0.1) is 0 Å². The molecule has 4 rings (SSSR count). The zero-order chi connectivity index (χ0) is 19.3. The van der Waals surface area contributed by atoms with E-state index in [1.165, 1.54) is 6.42 Å². The predicted molar refractivity (Wildman–Crippen MR) is 111 cm³/mol. The van der Waals surface area contributed by atoms with Crippen LogP contribution in [0, 0.1) is 6.92 Å². The number of nitrogens with one attached hydrogen (secondary N) is 1. The van der Waals surface area contributed by atoms with Gasteiger partial charge < -0.3 is 19.4 Å². The Bertz CT molecular complexity index is 901. The summed E-state index contributed by atoms with van der Waals surface area (Å²) in [7, 11) is 0. The summed E-state index contributed by atoms with van der Waals surface area (Å²) in [6.07, 6.45) is 13.9. The minimum atomic E-state index is 0.00286. The fourth-order valence-electron chi connectivity index (χ4n) is 4.01. The monoisotopic (exact) mass is 377 g/mol. The Labute approximate surface area is 165 Å². The minimum Gasteiger partial charge on any atom is -0.337 e. The molecule has 0 saturated carbocycles. The van der Waals surface area contributed by atoms with Gasteiger partial charge in [-0.25, -0.2) is 9.78 Å². The Morgan fingerprint density at radius 3 is 2.82 bits per heavy atom. The van der Waals surface area contributed by atoms with E-state index in [1.807, 2.05) is 54.1 Å². The first kappa shape index (κ1) is 18.3. The highest BCUT2D eigenvalue weighted by Crippen LogP contribution is 2.25. The molecule has 3 aromatic rings. The van der Waals surface area contributed by atoms with Crippen LogP contribution in [-0.4, -0.2) is 37.6 Å². The zero-order valence-electron chi connectivity index (χ0n) is 16.3. The van der Waals surface area contributed by atoms with Crippen LogP contribution >= 0.6 is 0 Å². The van der Waals surface area contributed by atoms with Crippen molar-refractivity contribution < 1.29 is 4.79 Å². The average Bonchev–Trinajstić information content (AvgIpc) is 3.42. The van der Waals surface area contributed by atoms with E-state index < -0.39 is 0 Å². The van der Waals surface area contributed by atoms with Gasteiger partial charge in [-0.05, 0) is 62.4 Å². The molecule has 1 aliphatic heterocycles. The Morgan fingerprint density at radius 1 is 1.18 bits per heavy atom. The summed E-state index contributed by atoms with van der Waals surface area (Å²) in [4.78, 5) is 19.2. The molecule has 2 aromatic heterocycles. The summed E-state index contributed by atoms with van der Waals surface area (Å²) in [6.45, 7) is 3.75. The molecule has 1 atom stereocenters. The lowest BCUT2D eigenvalue weighted by atomic mass is 9.99. The Hall–Kier alpha value is -3.02. The van der Waals surface area contributed by atoms with Gasteiger partial charge in [0.1, 0.15) is 0 Å². The number of carbonyl (C=O) groups excluding carboxylic acids is 1. The quantitative estimate of drug-likeness (QED) is 0.714. The molecule has 1 saturated heterocycles. The number of imidazole rings is 1. The van der Waals surface area contributed by atoms with E-state index >= 15 is 0 Å². The number of carbonyl (C=O) groups is 1. The fraction of sp³-hybridized carbons (Fsp3) is 0.364. The number of anilines is 1.